The third kappa shape index (κ3) is 4.27. The van der Waals surface area contributed by atoms with Gasteiger partial charge < -0.3 is 5.32 Å². The monoisotopic (exact) mass is 260 g/mol. The fourth-order valence-electron chi connectivity index (χ4n) is 1.44. The number of rotatable bonds is 3. The van der Waals surface area contributed by atoms with Crippen molar-refractivity contribution in [3.8, 4) is 0 Å². The van der Waals surface area contributed by atoms with Crippen LogP contribution in [-0.2, 0) is 0 Å². The van der Waals surface area contributed by atoms with Crippen molar-refractivity contribution in [2.45, 2.75) is 20.0 Å². The molecule has 0 atom stereocenters. The fourth-order valence-corrected chi connectivity index (χ4v) is 1.44. The predicted octanol–water partition coefficient (Wildman–Crippen LogP) is 3.09. The molecule has 1 rings (SSSR count). The summed E-state index contributed by atoms with van der Waals surface area (Å²) in [4.78, 5) is 12.9. The van der Waals surface area contributed by atoms with Gasteiger partial charge in [-0.1, -0.05) is 17.7 Å². The molecule has 2 amide bonds. The highest BCUT2D eigenvalue weighted by atomic mass is 19.4. The zero-order valence-electron chi connectivity index (χ0n) is 10.2. The molecule has 0 fully saturated rings. The zero-order valence-corrected chi connectivity index (χ0v) is 10.2. The molecule has 0 aliphatic heterocycles. The molecule has 0 radical (unpaired) electrons. The van der Waals surface area contributed by atoms with Crippen LogP contribution in [0, 0.1) is 6.92 Å². The molecule has 0 aromatic heterocycles. The molecule has 0 heterocycles. The molecule has 0 spiro atoms. The third-order valence-corrected chi connectivity index (χ3v) is 2.35. The van der Waals surface area contributed by atoms with Crippen molar-refractivity contribution in [1.82, 2.24) is 5.32 Å². The summed E-state index contributed by atoms with van der Waals surface area (Å²) in [7, 11) is 0. The smallest absolute Gasteiger partial charge is 0.329 e. The van der Waals surface area contributed by atoms with Gasteiger partial charge in [0, 0.05) is 12.2 Å². The molecule has 0 saturated carbocycles. The minimum atomic E-state index is -4.40. The van der Waals surface area contributed by atoms with Crippen LogP contribution in [-0.4, -0.2) is 25.3 Å². The Balaban J connectivity index is 2.71. The molecular weight excluding hydrogens is 245 g/mol. The van der Waals surface area contributed by atoms with Crippen LogP contribution in [0.4, 0.5) is 23.7 Å². The fraction of sp³-hybridized carbons (Fsp3) is 0.417. The van der Waals surface area contributed by atoms with Crippen LogP contribution in [0.5, 0.6) is 0 Å². The molecule has 6 heteroatoms. The van der Waals surface area contributed by atoms with Crippen molar-refractivity contribution in [3.63, 3.8) is 0 Å². The van der Waals surface area contributed by atoms with E-state index in [-0.39, 0.29) is 0 Å². The largest absolute Gasteiger partial charge is 0.405 e. The van der Waals surface area contributed by atoms with E-state index in [0.717, 1.165) is 5.56 Å². The molecule has 1 aromatic carbocycles. The summed E-state index contributed by atoms with van der Waals surface area (Å²) in [6, 6.07) is 6.25. The van der Waals surface area contributed by atoms with Gasteiger partial charge >= 0.3 is 12.2 Å². The van der Waals surface area contributed by atoms with Gasteiger partial charge in [-0.3, -0.25) is 4.90 Å². The molecule has 18 heavy (non-hydrogen) atoms. The number of hydrogen-bond acceptors (Lipinski definition) is 1. The number of carbonyl (C=O) groups is 1. The summed E-state index contributed by atoms with van der Waals surface area (Å²) in [5.74, 6) is 0. The SMILES string of the molecule is CCN(C(=O)NCC(F)(F)F)c1ccc(C)cc1. The number of amides is 2. The van der Waals surface area contributed by atoms with Gasteiger partial charge in [0.2, 0.25) is 0 Å². The first-order chi connectivity index (χ1) is 8.33. The van der Waals surface area contributed by atoms with E-state index in [1.807, 2.05) is 12.2 Å². The number of nitrogens with one attached hydrogen (secondary N) is 1. The standard InChI is InChI=1S/C12H15F3N2O/c1-3-17(10-6-4-9(2)5-7-10)11(18)16-8-12(13,14)15/h4-7H,3,8H2,1-2H3,(H,16,18). The van der Waals surface area contributed by atoms with Gasteiger partial charge in [-0.15, -0.1) is 0 Å². The van der Waals surface area contributed by atoms with Crippen molar-refractivity contribution in [3.05, 3.63) is 29.8 Å². The quantitative estimate of drug-likeness (QED) is 0.889. The number of benzene rings is 1. The number of anilines is 1. The first kappa shape index (κ1) is 14.3. The van der Waals surface area contributed by atoms with E-state index in [4.69, 9.17) is 0 Å². The predicted molar refractivity (Wildman–Crippen MR) is 63.7 cm³/mol. The van der Waals surface area contributed by atoms with Crippen LogP contribution in [0.1, 0.15) is 12.5 Å². The first-order valence-corrected chi connectivity index (χ1v) is 5.52. The van der Waals surface area contributed by atoms with Gasteiger partial charge in [0.1, 0.15) is 6.54 Å². The van der Waals surface area contributed by atoms with Crippen LogP contribution in [0.2, 0.25) is 0 Å². The second-order valence-electron chi connectivity index (χ2n) is 3.85. The molecule has 0 unspecified atom stereocenters. The lowest BCUT2D eigenvalue weighted by molar-refractivity contribution is -0.122. The van der Waals surface area contributed by atoms with Crippen molar-refractivity contribution < 1.29 is 18.0 Å². The molecule has 0 saturated heterocycles. The number of hydrogen-bond donors (Lipinski definition) is 1. The molecule has 1 aromatic rings. The van der Waals surface area contributed by atoms with Crippen LogP contribution < -0.4 is 10.2 Å². The third-order valence-electron chi connectivity index (χ3n) is 2.35. The Bertz CT molecular complexity index is 401. The normalized spacial score (nSPS) is 11.2. The van der Waals surface area contributed by atoms with Crippen LogP contribution >= 0.6 is 0 Å². The Labute approximate surface area is 104 Å². The molecule has 3 nitrogen and oxygen atoms in total. The highest BCUT2D eigenvalue weighted by molar-refractivity contribution is 5.91. The molecule has 0 aliphatic rings. The van der Waals surface area contributed by atoms with Crippen LogP contribution in [0.3, 0.4) is 0 Å². The summed E-state index contributed by atoms with van der Waals surface area (Å²) in [6.45, 7) is 2.57. The first-order valence-electron chi connectivity index (χ1n) is 5.52. The Kier molecular flexibility index (Phi) is 4.58. The maximum atomic E-state index is 12.0. The second kappa shape index (κ2) is 5.75. The van der Waals surface area contributed by atoms with Gasteiger partial charge in [-0.05, 0) is 26.0 Å². The summed E-state index contributed by atoms with van der Waals surface area (Å²) in [5.41, 5.74) is 1.59. The number of carbonyl (C=O) groups excluding carboxylic acids is 1. The molecule has 0 aliphatic carbocycles. The lowest BCUT2D eigenvalue weighted by Crippen LogP contribution is -2.43. The van der Waals surface area contributed by atoms with E-state index >= 15 is 0 Å². The Hall–Kier alpha value is -1.72. The number of alkyl halides is 3. The Morgan fingerprint density at radius 1 is 1.28 bits per heavy atom. The van der Waals surface area contributed by atoms with Gasteiger partial charge in [0.15, 0.2) is 0 Å². The van der Waals surface area contributed by atoms with E-state index in [1.54, 1.807) is 31.2 Å². The van der Waals surface area contributed by atoms with Gasteiger partial charge in [-0.2, -0.15) is 13.2 Å². The van der Waals surface area contributed by atoms with Gasteiger partial charge in [0.25, 0.3) is 0 Å². The van der Waals surface area contributed by atoms with Crippen LogP contribution in [0.25, 0.3) is 0 Å². The summed E-state index contributed by atoms with van der Waals surface area (Å²) < 4.78 is 36.0. The summed E-state index contributed by atoms with van der Waals surface area (Å²) >= 11 is 0. The highest BCUT2D eigenvalue weighted by Crippen LogP contribution is 2.16. The lowest BCUT2D eigenvalue weighted by atomic mass is 10.2. The van der Waals surface area contributed by atoms with Gasteiger partial charge in [0.05, 0.1) is 0 Å². The minimum Gasteiger partial charge on any atom is -0.329 e. The molecule has 1 N–H and O–H groups in total. The van der Waals surface area contributed by atoms with Crippen molar-refractivity contribution in [2.75, 3.05) is 18.0 Å². The Morgan fingerprint density at radius 2 is 1.83 bits per heavy atom. The van der Waals surface area contributed by atoms with E-state index in [1.165, 1.54) is 4.90 Å². The average molecular weight is 260 g/mol. The summed E-state index contributed by atoms with van der Waals surface area (Å²) in [6.07, 6.45) is -4.40. The van der Waals surface area contributed by atoms with E-state index in [0.29, 0.717) is 12.2 Å². The average Bonchev–Trinajstić information content (AvgIpc) is 2.29. The molecule has 100 valence electrons. The number of aryl methyl sites for hydroxylation is 1. The lowest BCUT2D eigenvalue weighted by Gasteiger charge is -2.22. The van der Waals surface area contributed by atoms with E-state index < -0.39 is 18.8 Å². The number of urea groups is 1. The van der Waals surface area contributed by atoms with E-state index in [9.17, 15) is 18.0 Å². The maximum absolute atomic E-state index is 12.0. The van der Waals surface area contributed by atoms with Crippen molar-refractivity contribution in [2.24, 2.45) is 0 Å². The second-order valence-corrected chi connectivity index (χ2v) is 3.85. The number of nitrogens with zero attached hydrogens (tertiary/aromatic N) is 1. The molecule has 0 bridgehead atoms. The van der Waals surface area contributed by atoms with Crippen LogP contribution in [0.15, 0.2) is 24.3 Å². The minimum absolute atomic E-state index is 0.298. The Morgan fingerprint density at radius 3 is 2.28 bits per heavy atom. The van der Waals surface area contributed by atoms with E-state index in [2.05, 4.69) is 0 Å². The highest BCUT2D eigenvalue weighted by Gasteiger charge is 2.28. The van der Waals surface area contributed by atoms with Crippen molar-refractivity contribution in [1.29, 1.82) is 0 Å². The number of halogens is 3. The zero-order chi connectivity index (χ0) is 13.8. The molecular formula is C12H15F3N2O. The maximum Gasteiger partial charge on any atom is 0.405 e. The summed E-state index contributed by atoms with van der Waals surface area (Å²) in [5, 5.41) is 1.85. The topological polar surface area (TPSA) is 32.3 Å². The van der Waals surface area contributed by atoms with Crippen molar-refractivity contribution >= 4 is 11.7 Å². The van der Waals surface area contributed by atoms with Gasteiger partial charge in [-0.25, -0.2) is 4.79 Å².